The van der Waals surface area contributed by atoms with Crippen molar-refractivity contribution in [1.82, 2.24) is 10.2 Å². The Hall–Kier alpha value is -2.90. The molecule has 4 amide bonds. The average molecular weight is 361 g/mol. The van der Waals surface area contributed by atoms with Crippen LogP contribution in [0, 0.1) is 5.92 Å². The van der Waals surface area contributed by atoms with E-state index in [2.05, 4.69) is 15.4 Å². The van der Waals surface area contributed by atoms with Gasteiger partial charge in [0, 0.05) is 5.69 Å². The quantitative estimate of drug-likeness (QED) is 0.593. The summed E-state index contributed by atoms with van der Waals surface area (Å²) in [5.41, 5.74) is -0.351. The van der Waals surface area contributed by atoms with Gasteiger partial charge in [-0.3, -0.25) is 14.5 Å². The van der Waals surface area contributed by atoms with E-state index in [1.807, 2.05) is 13.8 Å². The SMILES string of the molecule is COC(=O)c1cccc(NC(=O)CN2C(=O)N[C@](C)(CC(C)C)C2=O)c1. The lowest BCUT2D eigenvalue weighted by molar-refractivity contribution is -0.133. The molecule has 2 rings (SSSR count). The third kappa shape index (κ3) is 4.19. The fraction of sp³-hybridized carbons (Fsp3) is 0.444. The summed E-state index contributed by atoms with van der Waals surface area (Å²) in [6.07, 6.45) is 0.483. The van der Waals surface area contributed by atoms with Gasteiger partial charge in [-0.25, -0.2) is 9.59 Å². The van der Waals surface area contributed by atoms with Gasteiger partial charge in [0.2, 0.25) is 5.91 Å². The summed E-state index contributed by atoms with van der Waals surface area (Å²) in [5, 5.41) is 5.24. The second-order valence-electron chi connectivity index (χ2n) is 6.87. The summed E-state index contributed by atoms with van der Waals surface area (Å²) in [6.45, 7) is 5.16. The normalized spacial score (nSPS) is 19.5. The molecule has 0 aromatic heterocycles. The molecular formula is C18H23N3O5. The van der Waals surface area contributed by atoms with E-state index in [0.29, 0.717) is 12.1 Å². The Bertz CT molecular complexity index is 746. The van der Waals surface area contributed by atoms with Crippen molar-refractivity contribution in [2.24, 2.45) is 5.92 Å². The molecule has 0 aliphatic carbocycles. The van der Waals surface area contributed by atoms with Crippen LogP contribution in [-0.2, 0) is 14.3 Å². The number of ether oxygens (including phenoxy) is 1. The van der Waals surface area contributed by atoms with Gasteiger partial charge < -0.3 is 15.4 Å². The van der Waals surface area contributed by atoms with E-state index in [1.165, 1.54) is 13.2 Å². The Kier molecular flexibility index (Phi) is 5.64. The number of anilines is 1. The number of hydrogen-bond donors (Lipinski definition) is 2. The van der Waals surface area contributed by atoms with Crippen LogP contribution in [0.1, 0.15) is 37.6 Å². The molecule has 26 heavy (non-hydrogen) atoms. The molecule has 0 bridgehead atoms. The van der Waals surface area contributed by atoms with E-state index in [9.17, 15) is 19.2 Å². The molecule has 0 radical (unpaired) electrons. The molecule has 1 aliphatic heterocycles. The number of imide groups is 1. The van der Waals surface area contributed by atoms with Crippen molar-refractivity contribution in [3.05, 3.63) is 29.8 Å². The van der Waals surface area contributed by atoms with Gasteiger partial charge in [0.15, 0.2) is 0 Å². The first-order chi connectivity index (χ1) is 12.2. The first-order valence-corrected chi connectivity index (χ1v) is 8.28. The number of carbonyl (C=O) groups excluding carboxylic acids is 4. The molecule has 0 spiro atoms. The lowest BCUT2D eigenvalue weighted by Crippen LogP contribution is -2.45. The van der Waals surface area contributed by atoms with Gasteiger partial charge in [0.05, 0.1) is 12.7 Å². The standard InChI is InChI=1S/C18H23N3O5/c1-11(2)9-18(3)16(24)21(17(25)20-18)10-14(22)19-13-7-5-6-12(8-13)15(23)26-4/h5-8,11H,9-10H2,1-4H3,(H,19,22)(H,20,25)/t18-/m1/s1. The van der Waals surface area contributed by atoms with E-state index in [4.69, 9.17) is 0 Å². The average Bonchev–Trinajstić information content (AvgIpc) is 2.76. The summed E-state index contributed by atoms with van der Waals surface area (Å²) >= 11 is 0. The van der Waals surface area contributed by atoms with Crippen molar-refractivity contribution in [3.8, 4) is 0 Å². The number of amides is 4. The minimum absolute atomic E-state index is 0.207. The van der Waals surface area contributed by atoms with E-state index in [0.717, 1.165) is 4.90 Å². The predicted molar refractivity (Wildman–Crippen MR) is 94.5 cm³/mol. The van der Waals surface area contributed by atoms with Gasteiger partial charge >= 0.3 is 12.0 Å². The number of carbonyl (C=O) groups is 4. The first-order valence-electron chi connectivity index (χ1n) is 8.28. The minimum atomic E-state index is -1.00. The lowest BCUT2D eigenvalue weighted by atomic mass is 9.91. The lowest BCUT2D eigenvalue weighted by Gasteiger charge is -2.23. The zero-order chi connectivity index (χ0) is 19.5. The van der Waals surface area contributed by atoms with Gasteiger partial charge in [0.25, 0.3) is 5.91 Å². The third-order valence-electron chi connectivity index (χ3n) is 4.03. The molecule has 1 aromatic carbocycles. The van der Waals surface area contributed by atoms with Gasteiger partial charge in [-0.05, 0) is 37.5 Å². The number of benzene rings is 1. The van der Waals surface area contributed by atoms with E-state index >= 15 is 0 Å². The van der Waals surface area contributed by atoms with Crippen molar-refractivity contribution in [1.29, 1.82) is 0 Å². The number of rotatable bonds is 6. The molecule has 1 atom stereocenters. The molecule has 140 valence electrons. The maximum Gasteiger partial charge on any atom is 0.337 e. The van der Waals surface area contributed by atoms with Crippen molar-refractivity contribution in [2.75, 3.05) is 19.0 Å². The van der Waals surface area contributed by atoms with Crippen LogP contribution in [-0.4, -0.2) is 47.9 Å². The van der Waals surface area contributed by atoms with Crippen LogP contribution in [0.5, 0.6) is 0 Å². The number of nitrogens with one attached hydrogen (secondary N) is 2. The Morgan fingerprint density at radius 1 is 1.31 bits per heavy atom. The summed E-state index contributed by atoms with van der Waals surface area (Å²) < 4.78 is 4.63. The minimum Gasteiger partial charge on any atom is -0.465 e. The molecule has 1 saturated heterocycles. The summed E-state index contributed by atoms with van der Waals surface area (Å²) in [4.78, 5) is 49.3. The highest BCUT2D eigenvalue weighted by Gasteiger charge is 2.48. The highest BCUT2D eigenvalue weighted by atomic mass is 16.5. The van der Waals surface area contributed by atoms with Gasteiger partial charge in [-0.2, -0.15) is 0 Å². The van der Waals surface area contributed by atoms with Crippen LogP contribution in [0.3, 0.4) is 0 Å². The molecule has 1 aromatic rings. The van der Waals surface area contributed by atoms with Crippen LogP contribution in [0.2, 0.25) is 0 Å². The molecule has 2 N–H and O–H groups in total. The molecule has 1 heterocycles. The van der Waals surface area contributed by atoms with Crippen LogP contribution < -0.4 is 10.6 Å². The Morgan fingerprint density at radius 2 is 2.00 bits per heavy atom. The zero-order valence-electron chi connectivity index (χ0n) is 15.3. The van der Waals surface area contributed by atoms with E-state index < -0.39 is 35.9 Å². The van der Waals surface area contributed by atoms with Gasteiger partial charge in [0.1, 0.15) is 12.1 Å². The van der Waals surface area contributed by atoms with E-state index in [-0.39, 0.29) is 11.5 Å². The van der Waals surface area contributed by atoms with E-state index in [1.54, 1.807) is 25.1 Å². The number of nitrogens with zero attached hydrogens (tertiary/aromatic N) is 1. The summed E-state index contributed by atoms with van der Waals surface area (Å²) in [6, 6.07) is 5.61. The number of methoxy groups -OCH3 is 1. The zero-order valence-corrected chi connectivity index (χ0v) is 15.3. The number of urea groups is 1. The molecule has 8 heteroatoms. The fourth-order valence-electron chi connectivity index (χ4n) is 3.03. The number of hydrogen-bond acceptors (Lipinski definition) is 5. The van der Waals surface area contributed by atoms with Crippen LogP contribution >= 0.6 is 0 Å². The predicted octanol–water partition coefficient (Wildman–Crippen LogP) is 1.77. The maximum atomic E-state index is 12.5. The van der Waals surface area contributed by atoms with Crippen molar-refractivity contribution in [3.63, 3.8) is 0 Å². The Balaban J connectivity index is 2.05. The molecule has 1 fully saturated rings. The van der Waals surface area contributed by atoms with Crippen LogP contribution in [0.4, 0.5) is 10.5 Å². The highest BCUT2D eigenvalue weighted by Crippen LogP contribution is 2.25. The fourth-order valence-corrected chi connectivity index (χ4v) is 3.03. The van der Waals surface area contributed by atoms with Crippen molar-refractivity contribution < 1.29 is 23.9 Å². The smallest absolute Gasteiger partial charge is 0.337 e. The second kappa shape index (κ2) is 7.55. The highest BCUT2D eigenvalue weighted by molar-refractivity contribution is 6.10. The molecule has 1 aliphatic rings. The summed E-state index contributed by atoms with van der Waals surface area (Å²) in [5.74, 6) is -1.28. The third-order valence-corrected chi connectivity index (χ3v) is 4.03. The van der Waals surface area contributed by atoms with Crippen molar-refractivity contribution >= 4 is 29.5 Å². The molecule has 0 saturated carbocycles. The van der Waals surface area contributed by atoms with Gasteiger partial charge in [-0.15, -0.1) is 0 Å². The first kappa shape index (κ1) is 19.4. The largest absolute Gasteiger partial charge is 0.465 e. The molecule has 8 nitrogen and oxygen atoms in total. The van der Waals surface area contributed by atoms with Crippen molar-refractivity contribution in [2.45, 2.75) is 32.7 Å². The molecule has 0 unspecified atom stereocenters. The van der Waals surface area contributed by atoms with Crippen LogP contribution in [0.25, 0.3) is 0 Å². The monoisotopic (exact) mass is 361 g/mol. The Morgan fingerprint density at radius 3 is 2.62 bits per heavy atom. The number of esters is 1. The molecular weight excluding hydrogens is 338 g/mol. The van der Waals surface area contributed by atoms with Gasteiger partial charge in [-0.1, -0.05) is 19.9 Å². The van der Waals surface area contributed by atoms with Crippen LogP contribution in [0.15, 0.2) is 24.3 Å². The summed E-state index contributed by atoms with van der Waals surface area (Å²) in [7, 11) is 1.26. The Labute approximate surface area is 151 Å². The maximum absolute atomic E-state index is 12.5. The second-order valence-corrected chi connectivity index (χ2v) is 6.87. The topological polar surface area (TPSA) is 105 Å².